The van der Waals surface area contributed by atoms with Crippen molar-refractivity contribution in [3.8, 4) is 0 Å². The van der Waals surface area contributed by atoms with E-state index < -0.39 is 6.04 Å². The molecule has 1 aliphatic rings. The lowest BCUT2D eigenvalue weighted by Crippen LogP contribution is -2.44. The maximum Gasteiger partial charge on any atom is 0.322 e. The highest BCUT2D eigenvalue weighted by Crippen LogP contribution is 2.28. The van der Waals surface area contributed by atoms with Crippen molar-refractivity contribution in [2.24, 2.45) is 0 Å². The highest BCUT2D eigenvalue weighted by molar-refractivity contribution is 6.30. The Morgan fingerprint density at radius 1 is 1.15 bits per heavy atom. The van der Waals surface area contributed by atoms with Gasteiger partial charge in [-0.3, -0.25) is 4.79 Å². The first-order valence-corrected chi connectivity index (χ1v) is 8.78. The van der Waals surface area contributed by atoms with Gasteiger partial charge in [-0.05, 0) is 36.3 Å². The van der Waals surface area contributed by atoms with Gasteiger partial charge in [-0.2, -0.15) is 0 Å². The number of benzene rings is 2. The fraction of sp³-hybridized carbons (Fsp3) is 0.143. The van der Waals surface area contributed by atoms with Crippen molar-refractivity contribution in [2.45, 2.75) is 13.0 Å². The fourth-order valence-electron chi connectivity index (χ4n) is 2.78. The van der Waals surface area contributed by atoms with Crippen LogP contribution >= 0.6 is 11.6 Å². The number of rotatable bonds is 5. The Morgan fingerprint density at radius 2 is 1.85 bits per heavy atom. The number of carbonyl (C=O) groups is 2. The Morgan fingerprint density at radius 3 is 2.50 bits per heavy atom. The summed E-state index contributed by atoms with van der Waals surface area (Å²) >= 11 is 5.95. The molecule has 0 saturated carbocycles. The number of carbonyl (C=O) groups excluding carboxylic acids is 2. The van der Waals surface area contributed by atoms with Crippen LogP contribution in [0.5, 0.6) is 0 Å². The molecule has 2 amide bonds. The highest BCUT2D eigenvalue weighted by Gasteiger charge is 2.30. The fourth-order valence-corrected chi connectivity index (χ4v) is 2.90. The Bertz CT molecular complexity index is 857. The van der Waals surface area contributed by atoms with Crippen LogP contribution < -0.4 is 5.32 Å². The molecule has 1 unspecified atom stereocenters. The Balaban J connectivity index is 1.92. The predicted molar refractivity (Wildman–Crippen MR) is 104 cm³/mol. The van der Waals surface area contributed by atoms with E-state index in [1.807, 2.05) is 49.4 Å². The lowest BCUT2D eigenvalue weighted by molar-refractivity contribution is -0.111. The van der Waals surface area contributed by atoms with Gasteiger partial charge in [-0.15, -0.1) is 0 Å². The quantitative estimate of drug-likeness (QED) is 0.786. The van der Waals surface area contributed by atoms with Gasteiger partial charge in [0.1, 0.15) is 0 Å². The molecule has 1 aliphatic heterocycles. The Kier molecular flexibility index (Phi) is 5.54. The van der Waals surface area contributed by atoms with Gasteiger partial charge in [0, 0.05) is 23.3 Å². The van der Waals surface area contributed by atoms with E-state index >= 15 is 0 Å². The molecule has 0 aliphatic carbocycles. The van der Waals surface area contributed by atoms with Gasteiger partial charge < -0.3 is 10.2 Å². The van der Waals surface area contributed by atoms with Crippen molar-refractivity contribution < 1.29 is 9.59 Å². The lowest BCUT2D eigenvalue weighted by Gasteiger charge is -2.31. The average Bonchev–Trinajstić information content (AvgIpc) is 2.67. The first kappa shape index (κ1) is 18.0. The number of allylic oxidation sites excluding steroid dienone is 1. The highest BCUT2D eigenvalue weighted by atomic mass is 35.5. The number of urea groups is 1. The smallest absolute Gasteiger partial charge is 0.322 e. The summed E-state index contributed by atoms with van der Waals surface area (Å²) in [7, 11) is 0. The molecule has 26 heavy (non-hydrogen) atoms. The largest absolute Gasteiger partial charge is 0.327 e. The Labute approximate surface area is 157 Å². The summed E-state index contributed by atoms with van der Waals surface area (Å²) in [4.78, 5) is 26.6. The molecule has 0 aromatic heterocycles. The number of hydrogen-bond acceptors (Lipinski definition) is 2. The zero-order valence-corrected chi connectivity index (χ0v) is 15.1. The molecule has 0 bridgehead atoms. The summed E-state index contributed by atoms with van der Waals surface area (Å²) in [5.74, 6) is -0.146. The molecule has 0 fully saturated rings. The molecule has 1 atom stereocenters. The van der Waals surface area contributed by atoms with Crippen molar-refractivity contribution in [3.05, 3.63) is 88.6 Å². The van der Waals surface area contributed by atoms with E-state index in [-0.39, 0.29) is 11.8 Å². The van der Waals surface area contributed by atoms with E-state index in [0.29, 0.717) is 17.1 Å². The number of amides is 2. The topological polar surface area (TPSA) is 49.4 Å². The number of hydrogen-bond donors (Lipinski definition) is 1. The van der Waals surface area contributed by atoms with Crippen molar-refractivity contribution in [3.63, 3.8) is 0 Å². The summed E-state index contributed by atoms with van der Waals surface area (Å²) in [5.41, 5.74) is 2.27. The van der Waals surface area contributed by atoms with E-state index in [1.54, 1.807) is 24.4 Å². The van der Waals surface area contributed by atoms with Gasteiger partial charge in [0.25, 0.3) is 0 Å². The van der Waals surface area contributed by atoms with E-state index in [9.17, 15) is 9.59 Å². The summed E-state index contributed by atoms with van der Waals surface area (Å²) in [6, 6.07) is 16.0. The maximum atomic E-state index is 12.8. The monoisotopic (exact) mass is 366 g/mol. The second kappa shape index (κ2) is 8.02. The molecule has 132 valence electrons. The van der Waals surface area contributed by atoms with E-state index in [0.717, 1.165) is 11.1 Å². The standard InChI is InChI=1S/C21H19ClN2O2/c1-2-24-14-18(19(25)13-8-15-6-4-3-5-7-15)20(23-21(24)26)16-9-11-17(22)12-10-16/h3-14,20H,2H2,1H3,(H,23,26). The van der Waals surface area contributed by atoms with Crippen LogP contribution in [0.2, 0.25) is 5.02 Å². The zero-order chi connectivity index (χ0) is 18.5. The van der Waals surface area contributed by atoms with Gasteiger partial charge in [0.15, 0.2) is 5.78 Å². The molecule has 0 spiro atoms. The molecule has 5 heteroatoms. The molecule has 2 aromatic rings. The summed E-state index contributed by atoms with van der Waals surface area (Å²) in [6.45, 7) is 2.35. The molecule has 1 heterocycles. The molecule has 3 rings (SSSR count). The minimum absolute atomic E-state index is 0.146. The van der Waals surface area contributed by atoms with Crippen molar-refractivity contribution in [1.29, 1.82) is 0 Å². The predicted octanol–water partition coefficient (Wildman–Crippen LogP) is 4.59. The molecular weight excluding hydrogens is 348 g/mol. The summed E-state index contributed by atoms with van der Waals surface area (Å²) in [6.07, 6.45) is 4.94. The normalized spacial score (nSPS) is 17.2. The van der Waals surface area contributed by atoms with Gasteiger partial charge in [0.2, 0.25) is 0 Å². The van der Waals surface area contributed by atoms with Gasteiger partial charge in [0.05, 0.1) is 6.04 Å². The van der Waals surface area contributed by atoms with Crippen molar-refractivity contribution >= 4 is 29.5 Å². The van der Waals surface area contributed by atoms with E-state index in [1.165, 1.54) is 11.0 Å². The Hall–Kier alpha value is -2.85. The number of halogens is 1. The van der Waals surface area contributed by atoms with Crippen LogP contribution in [-0.2, 0) is 4.79 Å². The third-order valence-electron chi connectivity index (χ3n) is 4.19. The van der Waals surface area contributed by atoms with Gasteiger partial charge >= 0.3 is 6.03 Å². The second-order valence-corrected chi connectivity index (χ2v) is 6.35. The van der Waals surface area contributed by atoms with Crippen molar-refractivity contribution in [2.75, 3.05) is 6.54 Å². The van der Waals surface area contributed by atoms with Crippen molar-refractivity contribution in [1.82, 2.24) is 10.2 Å². The first-order chi connectivity index (χ1) is 12.6. The zero-order valence-electron chi connectivity index (χ0n) is 14.4. The van der Waals surface area contributed by atoms with E-state index in [4.69, 9.17) is 11.6 Å². The third-order valence-corrected chi connectivity index (χ3v) is 4.44. The minimum Gasteiger partial charge on any atom is -0.327 e. The molecule has 1 N–H and O–H groups in total. The summed E-state index contributed by atoms with van der Waals surface area (Å²) in [5, 5.41) is 3.51. The lowest BCUT2D eigenvalue weighted by atomic mass is 9.94. The van der Waals surface area contributed by atoms with Crippen LogP contribution in [0.15, 0.2) is 72.4 Å². The van der Waals surface area contributed by atoms with Gasteiger partial charge in [-0.1, -0.05) is 60.1 Å². The number of nitrogens with one attached hydrogen (secondary N) is 1. The summed E-state index contributed by atoms with van der Waals surface area (Å²) < 4.78 is 0. The number of ketones is 1. The SMILES string of the molecule is CCN1C=C(C(=O)C=Cc2ccccc2)C(c2ccc(Cl)cc2)NC1=O. The van der Waals surface area contributed by atoms with Crippen LogP contribution in [0.25, 0.3) is 6.08 Å². The molecule has 2 aromatic carbocycles. The molecule has 4 nitrogen and oxygen atoms in total. The van der Waals surface area contributed by atoms with E-state index in [2.05, 4.69) is 5.32 Å². The molecular formula is C21H19ClN2O2. The van der Waals surface area contributed by atoms with Crippen LogP contribution in [0.1, 0.15) is 24.1 Å². The van der Waals surface area contributed by atoms with Crippen LogP contribution in [0.4, 0.5) is 4.79 Å². The third kappa shape index (κ3) is 4.03. The van der Waals surface area contributed by atoms with Crippen LogP contribution in [0.3, 0.4) is 0 Å². The van der Waals surface area contributed by atoms with Crippen LogP contribution in [-0.4, -0.2) is 23.3 Å². The molecule has 0 radical (unpaired) electrons. The number of nitrogens with zero attached hydrogens (tertiary/aromatic N) is 1. The first-order valence-electron chi connectivity index (χ1n) is 8.40. The molecule has 0 saturated heterocycles. The average molecular weight is 367 g/mol. The maximum absolute atomic E-state index is 12.8. The second-order valence-electron chi connectivity index (χ2n) is 5.91. The minimum atomic E-state index is -0.504. The van der Waals surface area contributed by atoms with Crippen LogP contribution in [0, 0.1) is 0 Å². The van der Waals surface area contributed by atoms with Gasteiger partial charge in [-0.25, -0.2) is 4.79 Å².